The number of aromatic nitrogens is 2. The molecule has 1 rings (SSSR count). The van der Waals surface area contributed by atoms with Crippen molar-refractivity contribution in [1.82, 2.24) is 9.97 Å². The molecule has 0 N–H and O–H groups in total. The normalized spacial score (nSPS) is 11.0. The predicted molar refractivity (Wildman–Crippen MR) is 59.6 cm³/mol. The van der Waals surface area contributed by atoms with Gasteiger partial charge in [-0.15, -0.1) is 0 Å². The Morgan fingerprint density at radius 2 is 2.23 bits per heavy atom. The van der Waals surface area contributed by atoms with Crippen LogP contribution in [0.2, 0.25) is 10.4 Å². The Bertz CT molecular complexity index is 315. The molecule has 0 atom stereocenters. The number of hydrogen-bond acceptors (Lipinski definition) is 3. The van der Waals surface area contributed by atoms with Gasteiger partial charge in [-0.05, 0) is 23.8 Å². The van der Waals surface area contributed by atoms with E-state index >= 15 is 0 Å². The molecule has 1 heterocycles. The molecule has 0 spiro atoms. The van der Waals surface area contributed by atoms with Gasteiger partial charge in [0.15, 0.2) is 0 Å². The van der Waals surface area contributed by atoms with Gasteiger partial charge in [-0.2, -0.15) is 12.6 Å². The van der Waals surface area contributed by atoms with E-state index in [0.29, 0.717) is 5.15 Å². The summed E-state index contributed by atoms with van der Waals surface area (Å²) in [5.41, 5.74) is 0.771. The highest BCUT2D eigenvalue weighted by Crippen LogP contribution is 2.15. The topological polar surface area (TPSA) is 25.8 Å². The number of allylic oxidation sites excluding steroid dienone is 1. The van der Waals surface area contributed by atoms with Gasteiger partial charge in [-0.3, -0.25) is 0 Å². The number of rotatable bonds is 3. The Labute approximate surface area is 92.4 Å². The Balaban J connectivity index is 2.77. The SMILES string of the molecule is SCCC=Cc1cnc(Cl)nc1Cl. The maximum Gasteiger partial charge on any atom is 0.223 e. The first-order chi connectivity index (χ1) is 6.24. The smallest absolute Gasteiger partial charge is 0.223 e. The fourth-order valence-electron chi connectivity index (χ4n) is 0.747. The molecule has 2 nitrogen and oxygen atoms in total. The van der Waals surface area contributed by atoms with Crippen LogP contribution in [-0.4, -0.2) is 15.7 Å². The van der Waals surface area contributed by atoms with Gasteiger partial charge < -0.3 is 0 Å². The van der Waals surface area contributed by atoms with Crippen LogP contribution in [0.5, 0.6) is 0 Å². The van der Waals surface area contributed by atoms with Crippen molar-refractivity contribution in [3.8, 4) is 0 Å². The van der Waals surface area contributed by atoms with Crippen LogP contribution in [0.15, 0.2) is 12.3 Å². The van der Waals surface area contributed by atoms with E-state index < -0.39 is 0 Å². The average molecular weight is 235 g/mol. The van der Waals surface area contributed by atoms with Crippen molar-refractivity contribution in [3.63, 3.8) is 0 Å². The molecular formula is C8H8Cl2N2S. The summed E-state index contributed by atoms with van der Waals surface area (Å²) in [6, 6.07) is 0. The summed E-state index contributed by atoms with van der Waals surface area (Å²) in [7, 11) is 0. The van der Waals surface area contributed by atoms with Gasteiger partial charge in [-0.1, -0.05) is 23.8 Å². The van der Waals surface area contributed by atoms with E-state index in [1.807, 2.05) is 12.2 Å². The third-order valence-electron chi connectivity index (χ3n) is 1.33. The molecule has 0 aliphatic rings. The van der Waals surface area contributed by atoms with Crippen molar-refractivity contribution >= 4 is 41.9 Å². The molecule has 0 aliphatic heterocycles. The maximum absolute atomic E-state index is 5.80. The summed E-state index contributed by atoms with van der Waals surface area (Å²) >= 11 is 15.4. The third-order valence-corrected chi connectivity index (χ3v) is 2.08. The lowest BCUT2D eigenvalue weighted by molar-refractivity contribution is 1.16. The summed E-state index contributed by atoms with van der Waals surface area (Å²) in [6.45, 7) is 0. The second-order valence-corrected chi connectivity index (χ2v) is 3.44. The highest BCUT2D eigenvalue weighted by Gasteiger charge is 1.99. The van der Waals surface area contributed by atoms with Gasteiger partial charge in [0.25, 0.3) is 0 Å². The van der Waals surface area contributed by atoms with Crippen LogP contribution in [0, 0.1) is 0 Å². The summed E-state index contributed by atoms with van der Waals surface area (Å²) < 4.78 is 0. The lowest BCUT2D eigenvalue weighted by Gasteiger charge is -1.95. The first-order valence-corrected chi connectivity index (χ1v) is 5.08. The molecule has 0 radical (unpaired) electrons. The van der Waals surface area contributed by atoms with Crippen LogP contribution in [0.1, 0.15) is 12.0 Å². The van der Waals surface area contributed by atoms with Crippen molar-refractivity contribution in [2.45, 2.75) is 6.42 Å². The number of thiol groups is 1. The van der Waals surface area contributed by atoms with Gasteiger partial charge >= 0.3 is 0 Å². The Morgan fingerprint density at radius 1 is 1.46 bits per heavy atom. The lowest BCUT2D eigenvalue weighted by atomic mass is 10.3. The quantitative estimate of drug-likeness (QED) is 0.494. The molecular weight excluding hydrogens is 227 g/mol. The zero-order chi connectivity index (χ0) is 9.68. The largest absolute Gasteiger partial charge is 0.226 e. The summed E-state index contributed by atoms with van der Waals surface area (Å²) in [5.74, 6) is 0.808. The average Bonchev–Trinajstić information content (AvgIpc) is 2.09. The fourth-order valence-corrected chi connectivity index (χ4v) is 1.26. The molecule has 0 fully saturated rings. The van der Waals surface area contributed by atoms with Crippen LogP contribution in [-0.2, 0) is 0 Å². The maximum atomic E-state index is 5.80. The molecule has 0 amide bonds. The Hall–Kier alpha value is -0.250. The van der Waals surface area contributed by atoms with Crippen molar-refractivity contribution in [1.29, 1.82) is 0 Å². The molecule has 1 aromatic rings. The fraction of sp³-hybridized carbons (Fsp3) is 0.250. The van der Waals surface area contributed by atoms with Crippen molar-refractivity contribution < 1.29 is 0 Å². The van der Waals surface area contributed by atoms with E-state index in [2.05, 4.69) is 22.6 Å². The first kappa shape index (κ1) is 10.8. The zero-order valence-electron chi connectivity index (χ0n) is 6.74. The predicted octanol–water partition coefficient (Wildman–Crippen LogP) is 3.12. The van der Waals surface area contributed by atoms with Crippen molar-refractivity contribution in [2.24, 2.45) is 0 Å². The van der Waals surface area contributed by atoms with Crippen LogP contribution in [0.25, 0.3) is 6.08 Å². The molecule has 1 aromatic heterocycles. The minimum Gasteiger partial charge on any atom is -0.226 e. The van der Waals surface area contributed by atoms with E-state index in [0.717, 1.165) is 17.7 Å². The zero-order valence-corrected chi connectivity index (χ0v) is 9.15. The lowest BCUT2D eigenvalue weighted by Crippen LogP contribution is -1.85. The van der Waals surface area contributed by atoms with E-state index in [-0.39, 0.29) is 5.28 Å². The van der Waals surface area contributed by atoms with Crippen LogP contribution >= 0.6 is 35.8 Å². The molecule has 0 saturated carbocycles. The van der Waals surface area contributed by atoms with Crippen molar-refractivity contribution in [2.75, 3.05) is 5.75 Å². The molecule has 0 saturated heterocycles. The first-order valence-electron chi connectivity index (χ1n) is 3.69. The second kappa shape index (κ2) is 5.47. The number of halogens is 2. The molecule has 5 heteroatoms. The Morgan fingerprint density at radius 3 is 2.85 bits per heavy atom. The monoisotopic (exact) mass is 234 g/mol. The number of nitrogens with zero attached hydrogens (tertiary/aromatic N) is 2. The Kier molecular flexibility index (Phi) is 4.56. The van der Waals surface area contributed by atoms with Crippen LogP contribution < -0.4 is 0 Å². The highest BCUT2D eigenvalue weighted by atomic mass is 35.5. The molecule has 13 heavy (non-hydrogen) atoms. The van der Waals surface area contributed by atoms with Crippen LogP contribution in [0.4, 0.5) is 0 Å². The molecule has 0 unspecified atom stereocenters. The second-order valence-electron chi connectivity index (χ2n) is 2.30. The van der Waals surface area contributed by atoms with Gasteiger partial charge in [0.2, 0.25) is 5.28 Å². The molecule has 0 aliphatic carbocycles. The molecule has 0 aromatic carbocycles. The number of hydrogen-bond donors (Lipinski definition) is 1. The van der Waals surface area contributed by atoms with Gasteiger partial charge in [0.05, 0.1) is 0 Å². The van der Waals surface area contributed by atoms with Crippen LogP contribution in [0.3, 0.4) is 0 Å². The van der Waals surface area contributed by atoms with E-state index in [9.17, 15) is 0 Å². The van der Waals surface area contributed by atoms with E-state index in [1.54, 1.807) is 6.20 Å². The van der Waals surface area contributed by atoms with Gasteiger partial charge in [-0.25, -0.2) is 9.97 Å². The molecule has 0 bridgehead atoms. The summed E-state index contributed by atoms with van der Waals surface area (Å²) in [6.07, 6.45) is 6.30. The minimum atomic E-state index is 0.163. The van der Waals surface area contributed by atoms with Gasteiger partial charge in [0.1, 0.15) is 5.15 Å². The van der Waals surface area contributed by atoms with E-state index in [4.69, 9.17) is 23.2 Å². The van der Waals surface area contributed by atoms with E-state index in [1.165, 1.54) is 0 Å². The summed E-state index contributed by atoms with van der Waals surface area (Å²) in [5, 5.41) is 0.534. The summed E-state index contributed by atoms with van der Waals surface area (Å²) in [4.78, 5) is 7.62. The standard InChI is InChI=1S/C8H8Cl2N2S/c9-7-6(3-1-2-4-13)5-11-8(10)12-7/h1,3,5,13H,2,4H2. The van der Waals surface area contributed by atoms with Gasteiger partial charge in [0, 0.05) is 11.8 Å². The molecule has 70 valence electrons. The third kappa shape index (κ3) is 3.55. The van der Waals surface area contributed by atoms with Crippen molar-refractivity contribution in [3.05, 3.63) is 28.3 Å². The minimum absolute atomic E-state index is 0.163. The highest BCUT2D eigenvalue weighted by molar-refractivity contribution is 7.80.